The highest BCUT2D eigenvalue weighted by Crippen LogP contribution is 2.31. The van der Waals surface area contributed by atoms with Crippen LogP contribution >= 0.6 is 24.0 Å². The summed E-state index contributed by atoms with van der Waals surface area (Å²) >= 11 is 6.00. The number of carbonyl (C=O) groups is 2. The second kappa shape index (κ2) is 8.49. The molecule has 0 atom stereocenters. The maximum Gasteiger partial charge on any atom is 0.250 e. The van der Waals surface area contributed by atoms with Crippen LogP contribution in [0.25, 0.3) is 0 Å². The Labute approximate surface area is 146 Å². The lowest BCUT2D eigenvalue weighted by molar-refractivity contribution is -0.130. The van der Waals surface area contributed by atoms with Gasteiger partial charge in [-0.3, -0.25) is 9.59 Å². The Morgan fingerprint density at radius 3 is 2.57 bits per heavy atom. The van der Waals surface area contributed by atoms with E-state index in [-0.39, 0.29) is 28.9 Å². The third-order valence-electron chi connectivity index (χ3n) is 3.96. The molecule has 1 aromatic carbocycles. The number of benzene rings is 1. The SMILES string of the molecule is COCC1(C(=O)Nc2ccc(C(N)=O)c(Cl)c2)CCNCC1.Cl. The first-order valence-corrected chi connectivity index (χ1v) is 7.47. The molecule has 0 saturated carbocycles. The zero-order valence-electron chi connectivity index (χ0n) is 12.9. The number of hydrogen-bond donors (Lipinski definition) is 3. The fraction of sp³-hybridized carbons (Fsp3) is 0.467. The molecule has 1 heterocycles. The molecule has 0 bridgehead atoms. The first kappa shape index (κ1) is 19.7. The Morgan fingerprint density at radius 1 is 1.39 bits per heavy atom. The summed E-state index contributed by atoms with van der Waals surface area (Å²) in [5.41, 5.74) is 5.43. The molecule has 0 radical (unpaired) electrons. The topological polar surface area (TPSA) is 93.4 Å². The summed E-state index contributed by atoms with van der Waals surface area (Å²) in [4.78, 5) is 23.8. The van der Waals surface area contributed by atoms with Crippen LogP contribution in [0.2, 0.25) is 5.02 Å². The Bertz CT molecular complexity index is 570. The van der Waals surface area contributed by atoms with E-state index in [1.54, 1.807) is 13.2 Å². The van der Waals surface area contributed by atoms with Gasteiger partial charge in [0.05, 0.1) is 22.6 Å². The zero-order valence-corrected chi connectivity index (χ0v) is 14.4. The van der Waals surface area contributed by atoms with Gasteiger partial charge in [0.1, 0.15) is 0 Å². The molecule has 0 unspecified atom stereocenters. The van der Waals surface area contributed by atoms with Gasteiger partial charge in [0.15, 0.2) is 0 Å². The number of nitrogens with two attached hydrogens (primary N) is 1. The quantitative estimate of drug-likeness (QED) is 0.745. The molecule has 1 aliphatic rings. The van der Waals surface area contributed by atoms with E-state index in [0.717, 1.165) is 13.1 Å². The molecule has 23 heavy (non-hydrogen) atoms. The van der Waals surface area contributed by atoms with Crippen molar-refractivity contribution in [1.82, 2.24) is 5.32 Å². The molecule has 0 aromatic heterocycles. The number of rotatable bonds is 5. The summed E-state index contributed by atoms with van der Waals surface area (Å²) in [6.07, 6.45) is 1.42. The molecule has 2 rings (SSSR count). The van der Waals surface area contributed by atoms with Gasteiger partial charge in [-0.05, 0) is 44.1 Å². The van der Waals surface area contributed by atoms with Gasteiger partial charge < -0.3 is 21.1 Å². The molecule has 128 valence electrons. The van der Waals surface area contributed by atoms with E-state index in [2.05, 4.69) is 10.6 Å². The minimum absolute atomic E-state index is 0. The van der Waals surface area contributed by atoms with Crippen LogP contribution in [0.15, 0.2) is 18.2 Å². The van der Waals surface area contributed by atoms with Crippen LogP contribution in [0.3, 0.4) is 0 Å². The van der Waals surface area contributed by atoms with Crippen molar-refractivity contribution in [1.29, 1.82) is 0 Å². The lowest BCUT2D eigenvalue weighted by Crippen LogP contribution is -2.47. The summed E-state index contributed by atoms with van der Waals surface area (Å²) in [5.74, 6) is -0.698. The number of anilines is 1. The fourth-order valence-corrected chi connectivity index (χ4v) is 2.95. The molecule has 0 spiro atoms. The second-order valence-corrected chi connectivity index (χ2v) is 5.88. The third-order valence-corrected chi connectivity index (χ3v) is 4.27. The molecule has 6 nitrogen and oxygen atoms in total. The van der Waals surface area contributed by atoms with E-state index in [4.69, 9.17) is 22.1 Å². The molecule has 1 aliphatic heterocycles. The van der Waals surface area contributed by atoms with Crippen molar-refractivity contribution in [2.45, 2.75) is 12.8 Å². The normalized spacial score (nSPS) is 16.3. The third kappa shape index (κ3) is 4.57. The summed E-state index contributed by atoms with van der Waals surface area (Å²) in [7, 11) is 1.59. The van der Waals surface area contributed by atoms with Crippen LogP contribution < -0.4 is 16.4 Å². The summed E-state index contributed by atoms with van der Waals surface area (Å²) in [6.45, 7) is 1.92. The number of primary amides is 1. The smallest absolute Gasteiger partial charge is 0.250 e. The average molecular weight is 362 g/mol. The van der Waals surface area contributed by atoms with Gasteiger partial charge in [0.25, 0.3) is 0 Å². The number of nitrogens with one attached hydrogen (secondary N) is 2. The predicted octanol–water partition coefficient (Wildman–Crippen LogP) is 1.82. The first-order valence-electron chi connectivity index (χ1n) is 7.09. The van der Waals surface area contributed by atoms with E-state index in [9.17, 15) is 9.59 Å². The number of piperidine rings is 1. The Balaban J connectivity index is 0.00000264. The summed E-state index contributed by atoms with van der Waals surface area (Å²) in [5, 5.41) is 6.32. The Hall–Kier alpha value is -1.34. The summed E-state index contributed by atoms with van der Waals surface area (Å²) in [6, 6.07) is 4.65. The zero-order chi connectivity index (χ0) is 16.2. The van der Waals surface area contributed by atoms with Crippen molar-refractivity contribution in [3.63, 3.8) is 0 Å². The Morgan fingerprint density at radius 2 is 2.04 bits per heavy atom. The van der Waals surface area contributed by atoms with Crippen LogP contribution in [0.4, 0.5) is 5.69 Å². The standard InChI is InChI=1S/C15H20ClN3O3.ClH/c1-22-9-15(4-6-18-7-5-15)14(21)19-10-2-3-11(13(17)20)12(16)8-10;/h2-3,8,18H,4-7,9H2,1H3,(H2,17,20)(H,19,21);1H. The number of carbonyl (C=O) groups excluding carboxylic acids is 2. The van der Waals surface area contributed by atoms with Gasteiger partial charge in [0, 0.05) is 12.8 Å². The van der Waals surface area contributed by atoms with Crippen LogP contribution in [-0.4, -0.2) is 38.6 Å². The van der Waals surface area contributed by atoms with Gasteiger partial charge in [-0.25, -0.2) is 0 Å². The molecule has 1 fully saturated rings. The van der Waals surface area contributed by atoms with Gasteiger partial charge in [0.2, 0.25) is 11.8 Å². The minimum atomic E-state index is -0.600. The maximum atomic E-state index is 12.7. The van der Waals surface area contributed by atoms with Crippen molar-refractivity contribution >= 4 is 41.5 Å². The molecule has 2 amide bonds. The monoisotopic (exact) mass is 361 g/mol. The van der Waals surface area contributed by atoms with E-state index < -0.39 is 11.3 Å². The van der Waals surface area contributed by atoms with Gasteiger partial charge in [-0.1, -0.05) is 11.6 Å². The van der Waals surface area contributed by atoms with Crippen LogP contribution in [-0.2, 0) is 9.53 Å². The molecule has 4 N–H and O–H groups in total. The van der Waals surface area contributed by atoms with E-state index >= 15 is 0 Å². The van der Waals surface area contributed by atoms with E-state index in [1.165, 1.54) is 12.1 Å². The van der Waals surface area contributed by atoms with Crippen LogP contribution in [0, 0.1) is 5.41 Å². The van der Waals surface area contributed by atoms with Crippen molar-refractivity contribution in [2.24, 2.45) is 11.1 Å². The average Bonchev–Trinajstić information content (AvgIpc) is 2.48. The molecular weight excluding hydrogens is 341 g/mol. The van der Waals surface area contributed by atoms with Crippen molar-refractivity contribution in [3.8, 4) is 0 Å². The van der Waals surface area contributed by atoms with Gasteiger partial charge in [-0.2, -0.15) is 0 Å². The highest BCUT2D eigenvalue weighted by molar-refractivity contribution is 6.34. The van der Waals surface area contributed by atoms with Crippen LogP contribution in [0.1, 0.15) is 23.2 Å². The molecule has 1 aromatic rings. The molecule has 1 saturated heterocycles. The van der Waals surface area contributed by atoms with Gasteiger partial charge in [-0.15, -0.1) is 12.4 Å². The molecule has 8 heteroatoms. The second-order valence-electron chi connectivity index (χ2n) is 5.48. The highest BCUT2D eigenvalue weighted by atomic mass is 35.5. The largest absolute Gasteiger partial charge is 0.384 e. The lowest BCUT2D eigenvalue weighted by Gasteiger charge is -2.35. The van der Waals surface area contributed by atoms with Crippen molar-refractivity contribution < 1.29 is 14.3 Å². The predicted molar refractivity (Wildman–Crippen MR) is 92.3 cm³/mol. The van der Waals surface area contributed by atoms with Crippen molar-refractivity contribution in [2.75, 3.05) is 32.1 Å². The highest BCUT2D eigenvalue weighted by Gasteiger charge is 2.39. The van der Waals surface area contributed by atoms with E-state index in [1.807, 2.05) is 0 Å². The number of ether oxygens (including phenoxy) is 1. The maximum absolute atomic E-state index is 12.7. The van der Waals surface area contributed by atoms with Gasteiger partial charge >= 0.3 is 0 Å². The number of amides is 2. The van der Waals surface area contributed by atoms with E-state index in [0.29, 0.717) is 25.1 Å². The molecular formula is C15H21Cl2N3O3. The number of methoxy groups -OCH3 is 1. The first-order chi connectivity index (χ1) is 10.5. The lowest BCUT2D eigenvalue weighted by atomic mass is 9.78. The number of halogens is 2. The van der Waals surface area contributed by atoms with Crippen LogP contribution in [0.5, 0.6) is 0 Å². The molecule has 0 aliphatic carbocycles. The minimum Gasteiger partial charge on any atom is -0.384 e. The summed E-state index contributed by atoms with van der Waals surface area (Å²) < 4.78 is 5.24. The Kier molecular flexibility index (Phi) is 7.28. The van der Waals surface area contributed by atoms with Crippen molar-refractivity contribution in [3.05, 3.63) is 28.8 Å². The number of hydrogen-bond acceptors (Lipinski definition) is 4. The fourth-order valence-electron chi connectivity index (χ4n) is 2.67.